The lowest BCUT2D eigenvalue weighted by molar-refractivity contribution is -0.138. The van der Waals surface area contributed by atoms with E-state index < -0.39 is 5.60 Å². The van der Waals surface area contributed by atoms with E-state index in [0.717, 1.165) is 49.9 Å². The van der Waals surface area contributed by atoms with Crippen molar-refractivity contribution in [3.63, 3.8) is 0 Å². The molecule has 1 N–H and O–H groups in total. The lowest BCUT2D eigenvalue weighted by atomic mass is 9.49. The van der Waals surface area contributed by atoms with Gasteiger partial charge in [0.05, 0.1) is 12.2 Å². The molecular weight excluding hydrogens is 404 g/mol. The Morgan fingerprint density at radius 2 is 1.94 bits per heavy atom. The Morgan fingerprint density at radius 3 is 2.69 bits per heavy atom. The number of carbonyl (C=O) groups is 1. The molecule has 1 heterocycles. The molecule has 7 heteroatoms. The van der Waals surface area contributed by atoms with Gasteiger partial charge in [0.25, 0.3) is 0 Å². The number of nitrogens with zero attached hydrogens (tertiary/aromatic N) is 4. The van der Waals surface area contributed by atoms with Gasteiger partial charge in [0.2, 0.25) is 0 Å². The Bertz CT molecular complexity index is 843. The van der Waals surface area contributed by atoms with Gasteiger partial charge in [0.15, 0.2) is 5.78 Å². The molecule has 5 rings (SSSR count). The van der Waals surface area contributed by atoms with Crippen LogP contribution in [0.1, 0.15) is 77.5 Å². The minimum Gasteiger partial charge on any atom is -0.387 e. The zero-order valence-electron chi connectivity index (χ0n) is 20.0. The number of tetrazole rings is 1. The Hall–Kier alpha value is -1.34. The Kier molecular flexibility index (Phi) is 5.94. The molecule has 0 spiro atoms. The van der Waals surface area contributed by atoms with E-state index in [1.807, 2.05) is 13.8 Å². The number of rotatable bonds is 6. The fraction of sp³-hybridized carbons (Fsp3) is 0.920. The third-order valence-corrected chi connectivity index (χ3v) is 10.1. The third kappa shape index (κ3) is 3.73. The molecule has 0 amide bonds. The number of hydrogen-bond acceptors (Lipinski definition) is 6. The molecule has 0 radical (unpaired) electrons. The molecule has 0 saturated heterocycles. The second kappa shape index (κ2) is 8.46. The summed E-state index contributed by atoms with van der Waals surface area (Å²) in [6.45, 7) is 7.74. The zero-order valence-corrected chi connectivity index (χ0v) is 20.0. The quantitative estimate of drug-likeness (QED) is 0.721. The highest BCUT2D eigenvalue weighted by molar-refractivity contribution is 5.82. The van der Waals surface area contributed by atoms with Gasteiger partial charge in [-0.1, -0.05) is 6.92 Å². The molecule has 4 aliphatic rings. The van der Waals surface area contributed by atoms with E-state index in [-0.39, 0.29) is 11.3 Å². The molecule has 4 saturated carbocycles. The van der Waals surface area contributed by atoms with E-state index in [4.69, 9.17) is 4.74 Å². The third-order valence-electron chi connectivity index (χ3n) is 10.1. The summed E-state index contributed by atoms with van der Waals surface area (Å²) in [6, 6.07) is 0. The van der Waals surface area contributed by atoms with Crippen LogP contribution in [0.4, 0.5) is 0 Å². The van der Waals surface area contributed by atoms with Crippen molar-refractivity contribution in [3.8, 4) is 0 Å². The molecule has 0 aliphatic heterocycles. The second-order valence-electron chi connectivity index (χ2n) is 11.6. The van der Waals surface area contributed by atoms with Crippen LogP contribution in [0.3, 0.4) is 0 Å². The summed E-state index contributed by atoms with van der Waals surface area (Å²) in [5.74, 6) is 4.74. The molecule has 0 aromatic carbocycles. The van der Waals surface area contributed by atoms with Gasteiger partial charge in [0.1, 0.15) is 12.4 Å². The van der Waals surface area contributed by atoms with Gasteiger partial charge >= 0.3 is 0 Å². The van der Waals surface area contributed by atoms with Gasteiger partial charge in [-0.05, 0) is 117 Å². The first-order valence-electron chi connectivity index (χ1n) is 12.9. The van der Waals surface area contributed by atoms with Crippen LogP contribution in [-0.4, -0.2) is 49.9 Å². The molecule has 7 nitrogen and oxygen atoms in total. The normalized spacial score (nSPS) is 43.4. The predicted molar refractivity (Wildman–Crippen MR) is 120 cm³/mol. The van der Waals surface area contributed by atoms with E-state index in [1.165, 1.54) is 25.7 Å². The van der Waals surface area contributed by atoms with Gasteiger partial charge in [-0.2, -0.15) is 0 Å². The van der Waals surface area contributed by atoms with Crippen molar-refractivity contribution in [2.24, 2.45) is 40.9 Å². The number of aryl methyl sites for hydroxylation is 1. The van der Waals surface area contributed by atoms with Crippen LogP contribution in [0.25, 0.3) is 0 Å². The molecular formula is C25H40N4O3. The van der Waals surface area contributed by atoms with Gasteiger partial charge in [-0.15, -0.1) is 5.10 Å². The summed E-state index contributed by atoms with van der Waals surface area (Å²) >= 11 is 0. The van der Waals surface area contributed by atoms with Crippen molar-refractivity contribution in [1.29, 1.82) is 0 Å². The van der Waals surface area contributed by atoms with E-state index in [9.17, 15) is 9.90 Å². The van der Waals surface area contributed by atoms with Crippen molar-refractivity contribution < 1.29 is 14.6 Å². The largest absolute Gasteiger partial charge is 0.387 e. The minimum absolute atomic E-state index is 0.122. The maximum Gasteiger partial charge on any atom is 0.158 e. The van der Waals surface area contributed by atoms with Crippen LogP contribution in [0.5, 0.6) is 0 Å². The summed E-state index contributed by atoms with van der Waals surface area (Å²) in [6.07, 6.45) is 10.0. The Balaban J connectivity index is 1.27. The number of ketones is 1. The first kappa shape index (κ1) is 22.5. The van der Waals surface area contributed by atoms with Gasteiger partial charge in [-0.3, -0.25) is 4.79 Å². The van der Waals surface area contributed by atoms with Crippen molar-refractivity contribution in [3.05, 3.63) is 5.82 Å². The zero-order chi connectivity index (χ0) is 22.5. The highest BCUT2D eigenvalue weighted by Gasteiger charge is 2.59. The van der Waals surface area contributed by atoms with Gasteiger partial charge in [-0.25, -0.2) is 4.68 Å². The SMILES string of the molecule is CCOC[C@@]1(O)CC[C@H]2[C@@H](CC[C@@H]3[C@@H]2CCC2(C)[C@@H](C(=O)Cn4nnnc4C)CC[C@@H]32)C1. The smallest absolute Gasteiger partial charge is 0.158 e. The molecule has 32 heavy (non-hydrogen) atoms. The van der Waals surface area contributed by atoms with Gasteiger partial charge in [0, 0.05) is 12.5 Å². The summed E-state index contributed by atoms with van der Waals surface area (Å²) in [5, 5.41) is 22.7. The molecule has 178 valence electrons. The molecule has 8 atom stereocenters. The summed E-state index contributed by atoms with van der Waals surface area (Å²) < 4.78 is 7.27. The highest BCUT2D eigenvalue weighted by Crippen LogP contribution is 2.64. The number of hydrogen-bond donors (Lipinski definition) is 1. The van der Waals surface area contributed by atoms with Crippen molar-refractivity contribution in [1.82, 2.24) is 20.2 Å². The monoisotopic (exact) mass is 444 g/mol. The number of aliphatic hydroxyl groups is 1. The molecule has 4 fully saturated rings. The first-order valence-corrected chi connectivity index (χ1v) is 12.9. The molecule has 1 unspecified atom stereocenters. The molecule has 0 bridgehead atoms. The maximum absolute atomic E-state index is 13.3. The van der Waals surface area contributed by atoms with Gasteiger partial charge < -0.3 is 9.84 Å². The Morgan fingerprint density at radius 1 is 1.12 bits per heavy atom. The van der Waals surface area contributed by atoms with Crippen LogP contribution >= 0.6 is 0 Å². The summed E-state index contributed by atoms with van der Waals surface area (Å²) in [5.41, 5.74) is -0.496. The predicted octanol–water partition coefficient (Wildman–Crippen LogP) is 3.59. The van der Waals surface area contributed by atoms with Crippen LogP contribution in [0.2, 0.25) is 0 Å². The van der Waals surface area contributed by atoms with Crippen LogP contribution in [0.15, 0.2) is 0 Å². The standard InChI is InChI=1S/C25H40N4O3/c1-4-32-15-25(31)12-10-18-17(13-25)5-6-20-19(18)9-11-24(3)21(20)7-8-22(24)23(30)14-29-16(2)26-27-28-29/h17-22,31H,4-15H2,1-3H3/t17-,18-,19+,20+,21-,22+,24?,25+/m0/s1. The van der Waals surface area contributed by atoms with E-state index in [2.05, 4.69) is 22.4 Å². The molecule has 4 aliphatic carbocycles. The number of fused-ring (bicyclic) bond motifs is 5. The number of aromatic nitrogens is 4. The molecule has 1 aromatic heterocycles. The first-order chi connectivity index (χ1) is 15.3. The topological polar surface area (TPSA) is 90.1 Å². The van der Waals surface area contributed by atoms with E-state index >= 15 is 0 Å². The number of Topliss-reactive ketones (excluding diaryl/α,β-unsaturated/α-hetero) is 1. The molecule has 1 aromatic rings. The average Bonchev–Trinajstić information content (AvgIpc) is 3.34. The van der Waals surface area contributed by atoms with Crippen molar-refractivity contribution >= 4 is 5.78 Å². The maximum atomic E-state index is 13.3. The van der Waals surface area contributed by atoms with Crippen molar-refractivity contribution in [2.75, 3.05) is 13.2 Å². The second-order valence-corrected chi connectivity index (χ2v) is 11.6. The van der Waals surface area contributed by atoms with Crippen LogP contribution in [0, 0.1) is 47.8 Å². The summed E-state index contributed by atoms with van der Waals surface area (Å²) in [4.78, 5) is 13.3. The number of carbonyl (C=O) groups excluding carboxylic acids is 1. The summed E-state index contributed by atoms with van der Waals surface area (Å²) in [7, 11) is 0. The van der Waals surface area contributed by atoms with Crippen molar-refractivity contribution in [2.45, 2.75) is 90.7 Å². The van der Waals surface area contributed by atoms with Crippen LogP contribution in [-0.2, 0) is 16.1 Å². The lowest BCUT2D eigenvalue weighted by Crippen LogP contribution is -2.52. The van der Waals surface area contributed by atoms with E-state index in [0.29, 0.717) is 43.2 Å². The minimum atomic E-state index is -0.619. The highest BCUT2D eigenvalue weighted by atomic mass is 16.5. The number of ether oxygens (including phenoxy) is 1. The fourth-order valence-electron chi connectivity index (χ4n) is 8.57. The van der Waals surface area contributed by atoms with E-state index in [1.54, 1.807) is 4.68 Å². The fourth-order valence-corrected chi connectivity index (χ4v) is 8.57. The lowest BCUT2D eigenvalue weighted by Gasteiger charge is -2.57. The Labute approximate surface area is 191 Å². The average molecular weight is 445 g/mol. The van der Waals surface area contributed by atoms with Crippen LogP contribution < -0.4 is 0 Å².